The van der Waals surface area contributed by atoms with Gasteiger partial charge in [0.05, 0.1) is 11.1 Å². The summed E-state index contributed by atoms with van der Waals surface area (Å²) < 4.78 is 15.1. The molecule has 254 valence electrons. The molecule has 0 N–H and O–H groups in total. The molecule has 0 radical (unpaired) electrons. The van der Waals surface area contributed by atoms with E-state index in [0.717, 1.165) is 66.8 Å². The van der Waals surface area contributed by atoms with Gasteiger partial charge in [-0.15, -0.1) is 11.3 Å². The lowest BCUT2D eigenvalue weighted by Gasteiger charge is -2.28. The number of rotatable bonds is 6. The summed E-state index contributed by atoms with van der Waals surface area (Å²) in [5.74, 6) is 0.601. The summed E-state index contributed by atoms with van der Waals surface area (Å²) in [6.45, 7) is 0. The standard InChI is InChI=1S/C49H30N2O2S/c1-3-11-32(12-4-1)37-15-7-9-17-41(37)51(36-24-25-39-38-16-8-10-18-45(38)54-46(39)30-36)35-22-19-31(20-23-35)34-21-26-42-40(29-34)47-43(52-42)27-28-44-48(47)50-49(53-44)33-13-5-2-6-14-33/h1-30H. The van der Waals surface area contributed by atoms with Gasteiger partial charge in [-0.05, 0) is 89.5 Å². The van der Waals surface area contributed by atoms with E-state index in [4.69, 9.17) is 13.8 Å². The fraction of sp³-hybridized carbons (Fsp3) is 0. The number of benzene rings is 8. The lowest BCUT2D eigenvalue weighted by Crippen LogP contribution is -2.11. The maximum Gasteiger partial charge on any atom is 0.227 e. The highest BCUT2D eigenvalue weighted by Gasteiger charge is 2.20. The quantitative estimate of drug-likeness (QED) is 0.172. The van der Waals surface area contributed by atoms with Crippen LogP contribution in [0, 0.1) is 0 Å². The molecule has 0 spiro atoms. The van der Waals surface area contributed by atoms with Crippen LogP contribution in [-0.4, -0.2) is 4.98 Å². The number of fused-ring (bicyclic) bond motifs is 8. The first kappa shape index (κ1) is 30.7. The maximum atomic E-state index is 6.32. The minimum atomic E-state index is 0.601. The van der Waals surface area contributed by atoms with Crippen molar-refractivity contribution in [3.8, 4) is 33.7 Å². The highest BCUT2D eigenvalue weighted by Crippen LogP contribution is 2.44. The molecule has 8 aromatic carbocycles. The Kier molecular flexibility index (Phi) is 7.00. The number of hydrogen-bond donors (Lipinski definition) is 0. The first-order chi connectivity index (χ1) is 26.7. The number of hydrogen-bond acceptors (Lipinski definition) is 5. The maximum absolute atomic E-state index is 6.32. The van der Waals surface area contributed by atoms with Gasteiger partial charge in [0.15, 0.2) is 5.58 Å². The third-order valence-electron chi connectivity index (χ3n) is 10.3. The minimum absolute atomic E-state index is 0.601. The summed E-state index contributed by atoms with van der Waals surface area (Å²) in [6, 6.07) is 64.1. The van der Waals surface area contributed by atoms with Gasteiger partial charge in [0.25, 0.3) is 0 Å². The van der Waals surface area contributed by atoms with Gasteiger partial charge in [-0.3, -0.25) is 0 Å². The predicted molar refractivity (Wildman–Crippen MR) is 225 cm³/mol. The molecule has 3 aromatic heterocycles. The van der Waals surface area contributed by atoms with E-state index in [1.165, 1.54) is 31.3 Å². The van der Waals surface area contributed by atoms with Crippen molar-refractivity contribution in [3.05, 3.63) is 182 Å². The smallest absolute Gasteiger partial charge is 0.227 e. The summed E-state index contributed by atoms with van der Waals surface area (Å²) in [4.78, 5) is 7.34. The Balaban J connectivity index is 1.03. The van der Waals surface area contributed by atoms with Gasteiger partial charge in [-0.1, -0.05) is 109 Å². The molecule has 0 amide bonds. The van der Waals surface area contributed by atoms with Crippen LogP contribution in [0.15, 0.2) is 191 Å². The average molecular weight is 711 g/mol. The highest BCUT2D eigenvalue weighted by molar-refractivity contribution is 7.25. The molecular weight excluding hydrogens is 681 g/mol. The number of aromatic nitrogens is 1. The van der Waals surface area contributed by atoms with Crippen molar-refractivity contribution in [1.82, 2.24) is 4.98 Å². The van der Waals surface area contributed by atoms with Crippen molar-refractivity contribution in [2.24, 2.45) is 0 Å². The molecule has 0 fully saturated rings. The molecule has 5 heteroatoms. The van der Waals surface area contributed by atoms with E-state index >= 15 is 0 Å². The Morgan fingerprint density at radius 3 is 1.94 bits per heavy atom. The summed E-state index contributed by atoms with van der Waals surface area (Å²) in [5, 5.41) is 4.56. The van der Waals surface area contributed by atoms with Gasteiger partial charge < -0.3 is 13.7 Å². The molecule has 11 rings (SSSR count). The number of oxazole rings is 1. The van der Waals surface area contributed by atoms with E-state index in [-0.39, 0.29) is 0 Å². The van der Waals surface area contributed by atoms with Gasteiger partial charge in [-0.25, -0.2) is 4.98 Å². The van der Waals surface area contributed by atoms with E-state index in [1.54, 1.807) is 0 Å². The molecule has 3 heterocycles. The van der Waals surface area contributed by atoms with Crippen molar-refractivity contribution in [1.29, 1.82) is 0 Å². The minimum Gasteiger partial charge on any atom is -0.456 e. The normalized spacial score (nSPS) is 11.7. The van der Waals surface area contributed by atoms with Gasteiger partial charge in [0.1, 0.15) is 16.7 Å². The van der Waals surface area contributed by atoms with Gasteiger partial charge >= 0.3 is 0 Å². The fourth-order valence-electron chi connectivity index (χ4n) is 7.75. The van der Waals surface area contributed by atoms with E-state index in [0.29, 0.717) is 5.89 Å². The molecule has 0 atom stereocenters. The van der Waals surface area contributed by atoms with Crippen molar-refractivity contribution < 1.29 is 8.83 Å². The summed E-state index contributed by atoms with van der Waals surface area (Å²) >= 11 is 1.84. The van der Waals surface area contributed by atoms with Crippen LogP contribution in [0.3, 0.4) is 0 Å². The van der Waals surface area contributed by atoms with Crippen molar-refractivity contribution in [3.63, 3.8) is 0 Å². The molecule has 11 aromatic rings. The van der Waals surface area contributed by atoms with Crippen LogP contribution in [0.5, 0.6) is 0 Å². The Morgan fingerprint density at radius 2 is 1.09 bits per heavy atom. The topological polar surface area (TPSA) is 42.4 Å². The summed E-state index contributed by atoms with van der Waals surface area (Å²) in [5.41, 5.74) is 12.0. The number of anilines is 3. The molecule has 4 nitrogen and oxygen atoms in total. The monoisotopic (exact) mass is 710 g/mol. The predicted octanol–water partition coefficient (Wildman–Crippen LogP) is 14.6. The highest BCUT2D eigenvalue weighted by atomic mass is 32.1. The molecule has 0 bridgehead atoms. The Bertz CT molecular complexity index is 3160. The third kappa shape index (κ3) is 5.01. The zero-order chi connectivity index (χ0) is 35.6. The average Bonchev–Trinajstić information content (AvgIpc) is 3.95. The molecule has 54 heavy (non-hydrogen) atoms. The largest absolute Gasteiger partial charge is 0.456 e. The first-order valence-electron chi connectivity index (χ1n) is 18.0. The molecule has 0 saturated heterocycles. The van der Waals surface area contributed by atoms with E-state index in [2.05, 4.69) is 144 Å². The van der Waals surface area contributed by atoms with Crippen LogP contribution in [0.2, 0.25) is 0 Å². The number of para-hydroxylation sites is 1. The lowest BCUT2D eigenvalue weighted by atomic mass is 10.00. The van der Waals surface area contributed by atoms with E-state index in [9.17, 15) is 0 Å². The summed E-state index contributed by atoms with van der Waals surface area (Å²) in [6.07, 6.45) is 0. The zero-order valence-corrected chi connectivity index (χ0v) is 29.8. The van der Waals surface area contributed by atoms with Crippen molar-refractivity contribution in [2.45, 2.75) is 0 Å². The number of nitrogens with zero attached hydrogens (tertiary/aromatic N) is 2. The van der Waals surface area contributed by atoms with Crippen LogP contribution >= 0.6 is 11.3 Å². The molecule has 0 aliphatic heterocycles. The molecule has 0 unspecified atom stereocenters. The van der Waals surface area contributed by atoms with Crippen molar-refractivity contribution >= 4 is 81.6 Å². The van der Waals surface area contributed by atoms with E-state index < -0.39 is 0 Å². The third-order valence-corrected chi connectivity index (χ3v) is 11.5. The molecular formula is C49H30N2O2S. The number of furan rings is 1. The van der Waals surface area contributed by atoms with Crippen LogP contribution in [0.1, 0.15) is 0 Å². The zero-order valence-electron chi connectivity index (χ0n) is 28.9. The Hall–Kier alpha value is -6.95. The van der Waals surface area contributed by atoms with Crippen LogP contribution in [0.25, 0.3) is 86.9 Å². The van der Waals surface area contributed by atoms with Gasteiger partial charge in [0, 0.05) is 48.1 Å². The lowest BCUT2D eigenvalue weighted by molar-refractivity contribution is 0.619. The van der Waals surface area contributed by atoms with Crippen LogP contribution in [0.4, 0.5) is 17.1 Å². The Labute approximate surface area is 314 Å². The molecule has 0 aliphatic carbocycles. The summed E-state index contributed by atoms with van der Waals surface area (Å²) in [7, 11) is 0. The molecule has 0 aliphatic rings. The first-order valence-corrected chi connectivity index (χ1v) is 18.8. The second-order valence-electron chi connectivity index (χ2n) is 13.5. The molecule has 0 saturated carbocycles. The van der Waals surface area contributed by atoms with Crippen molar-refractivity contribution in [2.75, 3.05) is 4.90 Å². The second kappa shape index (κ2) is 12.3. The second-order valence-corrected chi connectivity index (χ2v) is 14.6. The Morgan fingerprint density at radius 1 is 0.426 bits per heavy atom. The van der Waals surface area contributed by atoms with Crippen LogP contribution in [-0.2, 0) is 0 Å². The fourth-order valence-corrected chi connectivity index (χ4v) is 8.89. The van der Waals surface area contributed by atoms with E-state index in [1.807, 2.05) is 53.8 Å². The van der Waals surface area contributed by atoms with Gasteiger partial charge in [0.2, 0.25) is 5.89 Å². The number of thiophene rings is 1. The van der Waals surface area contributed by atoms with Gasteiger partial charge in [-0.2, -0.15) is 0 Å². The van der Waals surface area contributed by atoms with Crippen LogP contribution < -0.4 is 4.90 Å². The SMILES string of the molecule is c1ccc(-c2nc3c(ccc4oc5ccc(-c6ccc(N(c7ccc8c(c7)sc7ccccc78)c7ccccc7-c7ccccc7)cc6)cc5c43)o2)cc1.